The van der Waals surface area contributed by atoms with Gasteiger partial charge in [-0.25, -0.2) is 9.97 Å². The summed E-state index contributed by atoms with van der Waals surface area (Å²) in [4.78, 5) is 14.2. The number of aromatic nitrogens is 4. The van der Waals surface area contributed by atoms with Crippen LogP contribution in [0.4, 0.5) is 5.95 Å². The number of hydrogen-bond acceptors (Lipinski definition) is 5. The van der Waals surface area contributed by atoms with Crippen LogP contribution in [0.1, 0.15) is 18.4 Å². The second-order valence-electron chi connectivity index (χ2n) is 7.98. The third-order valence-electron chi connectivity index (χ3n) is 5.74. The Hall–Kier alpha value is -2.96. The topological polar surface area (TPSA) is 67.7 Å². The lowest BCUT2D eigenvalue weighted by molar-refractivity contribution is 0.341. The van der Waals surface area contributed by atoms with Crippen molar-refractivity contribution in [3.8, 4) is 11.4 Å². The van der Waals surface area contributed by atoms with Crippen molar-refractivity contribution in [3.05, 3.63) is 71.4 Å². The highest BCUT2D eigenvalue weighted by Crippen LogP contribution is 2.31. The minimum Gasteiger partial charge on any atom is -0.350 e. The van der Waals surface area contributed by atoms with E-state index in [9.17, 15) is 0 Å². The highest BCUT2D eigenvalue weighted by atomic mass is 35.5. The van der Waals surface area contributed by atoms with Gasteiger partial charge in [-0.15, -0.1) is 0 Å². The van der Waals surface area contributed by atoms with Crippen molar-refractivity contribution in [2.24, 2.45) is 5.92 Å². The van der Waals surface area contributed by atoms with Crippen LogP contribution in [-0.2, 0) is 13.1 Å². The average molecular weight is 433 g/mol. The first-order valence-electron chi connectivity index (χ1n) is 10.7. The van der Waals surface area contributed by atoms with Crippen molar-refractivity contribution in [3.63, 3.8) is 0 Å². The van der Waals surface area contributed by atoms with Crippen LogP contribution in [0.5, 0.6) is 0 Å². The Balaban J connectivity index is 1.52. The van der Waals surface area contributed by atoms with Crippen LogP contribution in [0.25, 0.3) is 22.6 Å². The Morgan fingerprint density at radius 3 is 2.71 bits per heavy atom. The zero-order valence-corrected chi connectivity index (χ0v) is 18.0. The third-order valence-corrected chi connectivity index (χ3v) is 6.07. The summed E-state index contributed by atoms with van der Waals surface area (Å²) in [5.41, 5.74) is 3.73. The molecule has 2 aromatic carbocycles. The zero-order chi connectivity index (χ0) is 21.0. The quantitative estimate of drug-likeness (QED) is 0.460. The Bertz CT molecular complexity index is 1170. The van der Waals surface area contributed by atoms with Gasteiger partial charge in [-0.3, -0.25) is 0 Å². The summed E-state index contributed by atoms with van der Waals surface area (Å²) in [5, 5.41) is 7.54. The summed E-state index contributed by atoms with van der Waals surface area (Å²) in [6, 6.07) is 18.1. The van der Waals surface area contributed by atoms with E-state index in [1.807, 2.05) is 42.5 Å². The predicted octanol–water partition coefficient (Wildman–Crippen LogP) is 4.76. The number of nitrogens with one attached hydrogen (secondary N) is 2. The molecular formula is C24H25ClN6. The summed E-state index contributed by atoms with van der Waals surface area (Å²) >= 11 is 6.54. The number of halogens is 1. The van der Waals surface area contributed by atoms with Gasteiger partial charge in [0.2, 0.25) is 5.95 Å². The Labute approximate surface area is 186 Å². The molecule has 0 radical (unpaired) electrons. The van der Waals surface area contributed by atoms with E-state index in [1.54, 1.807) is 6.20 Å². The molecule has 0 unspecified atom stereocenters. The number of rotatable bonds is 6. The van der Waals surface area contributed by atoms with Gasteiger partial charge in [0, 0.05) is 18.7 Å². The van der Waals surface area contributed by atoms with E-state index < -0.39 is 0 Å². The van der Waals surface area contributed by atoms with E-state index in [-0.39, 0.29) is 0 Å². The van der Waals surface area contributed by atoms with Gasteiger partial charge in [0.15, 0.2) is 5.65 Å². The standard InChI is InChI=1S/C24H25ClN6/c25-20-11-5-4-10-19(20)22-29-21-15-28-24(27-14-17-7-2-1-3-8-17)30-23(21)31(22)16-18-9-6-12-26-13-18/h1-5,7-8,10-11,15,18,26H,6,9,12-14,16H2,(H,27,28,30)/t18-/m1/s1. The number of hydrogen-bond donors (Lipinski definition) is 2. The molecule has 1 fully saturated rings. The number of benzene rings is 2. The van der Waals surface area contributed by atoms with Crippen LogP contribution in [0, 0.1) is 5.92 Å². The van der Waals surface area contributed by atoms with Gasteiger partial charge in [0.25, 0.3) is 0 Å². The van der Waals surface area contributed by atoms with Crippen molar-refractivity contribution in [2.75, 3.05) is 18.4 Å². The minimum absolute atomic E-state index is 0.531. The molecule has 0 aliphatic carbocycles. The maximum atomic E-state index is 6.54. The van der Waals surface area contributed by atoms with Gasteiger partial charge in [-0.05, 0) is 49.5 Å². The molecule has 4 aromatic rings. The van der Waals surface area contributed by atoms with Gasteiger partial charge in [-0.1, -0.05) is 54.1 Å². The van der Waals surface area contributed by atoms with Crippen LogP contribution >= 0.6 is 11.6 Å². The van der Waals surface area contributed by atoms with E-state index >= 15 is 0 Å². The van der Waals surface area contributed by atoms with Gasteiger partial charge in [-0.2, -0.15) is 4.98 Å². The SMILES string of the molecule is Clc1ccccc1-c1nc2cnc(NCc3ccccc3)nc2n1C[C@@H]1CCCNC1. The van der Waals surface area contributed by atoms with Gasteiger partial charge >= 0.3 is 0 Å². The van der Waals surface area contributed by atoms with Crippen LogP contribution in [0.2, 0.25) is 5.02 Å². The Kier molecular flexibility index (Phi) is 5.82. The van der Waals surface area contributed by atoms with Gasteiger partial charge in [0.05, 0.1) is 11.2 Å². The fraction of sp³-hybridized carbons (Fsp3) is 0.292. The van der Waals surface area contributed by atoms with Gasteiger partial charge in [0.1, 0.15) is 11.3 Å². The molecule has 31 heavy (non-hydrogen) atoms. The van der Waals surface area contributed by atoms with Crippen LogP contribution < -0.4 is 10.6 Å². The molecule has 0 spiro atoms. The molecule has 0 amide bonds. The van der Waals surface area contributed by atoms with Crippen molar-refractivity contribution < 1.29 is 0 Å². The van der Waals surface area contributed by atoms with Crippen molar-refractivity contribution >= 4 is 28.7 Å². The summed E-state index contributed by atoms with van der Waals surface area (Å²) in [7, 11) is 0. The number of anilines is 1. The highest BCUT2D eigenvalue weighted by molar-refractivity contribution is 6.33. The van der Waals surface area contributed by atoms with Crippen molar-refractivity contribution in [2.45, 2.75) is 25.9 Å². The molecule has 2 aromatic heterocycles. The lowest BCUT2D eigenvalue weighted by Gasteiger charge is -2.24. The molecule has 5 rings (SSSR count). The summed E-state index contributed by atoms with van der Waals surface area (Å²) < 4.78 is 2.21. The van der Waals surface area contributed by atoms with Crippen LogP contribution in [0.15, 0.2) is 60.8 Å². The molecule has 158 valence electrons. The van der Waals surface area contributed by atoms with E-state index in [2.05, 4.69) is 32.3 Å². The largest absolute Gasteiger partial charge is 0.350 e. The second kappa shape index (κ2) is 9.04. The van der Waals surface area contributed by atoms with Crippen molar-refractivity contribution in [1.29, 1.82) is 0 Å². The number of imidazole rings is 1. The predicted molar refractivity (Wildman–Crippen MR) is 125 cm³/mol. The Morgan fingerprint density at radius 1 is 1.06 bits per heavy atom. The molecule has 6 nitrogen and oxygen atoms in total. The molecule has 1 aliphatic heterocycles. The fourth-order valence-electron chi connectivity index (χ4n) is 4.14. The van der Waals surface area contributed by atoms with Crippen LogP contribution in [-0.4, -0.2) is 32.6 Å². The van der Waals surface area contributed by atoms with Crippen LogP contribution in [0.3, 0.4) is 0 Å². The summed E-state index contributed by atoms with van der Waals surface area (Å²) in [6.45, 7) is 3.61. The highest BCUT2D eigenvalue weighted by Gasteiger charge is 2.21. The normalized spacial score (nSPS) is 16.5. The third kappa shape index (κ3) is 4.40. The number of piperidine rings is 1. The second-order valence-corrected chi connectivity index (χ2v) is 8.39. The van der Waals surface area contributed by atoms with Gasteiger partial charge < -0.3 is 15.2 Å². The Morgan fingerprint density at radius 2 is 1.90 bits per heavy atom. The first-order valence-corrected chi connectivity index (χ1v) is 11.1. The lowest BCUT2D eigenvalue weighted by Crippen LogP contribution is -2.32. The molecule has 0 saturated carbocycles. The maximum Gasteiger partial charge on any atom is 0.225 e. The molecule has 2 N–H and O–H groups in total. The van der Waals surface area contributed by atoms with E-state index in [0.29, 0.717) is 23.4 Å². The first-order chi connectivity index (χ1) is 15.3. The smallest absolute Gasteiger partial charge is 0.225 e. The minimum atomic E-state index is 0.531. The summed E-state index contributed by atoms with van der Waals surface area (Å²) in [6.07, 6.45) is 4.18. The molecule has 7 heteroatoms. The molecule has 0 bridgehead atoms. The molecule has 1 atom stereocenters. The van der Waals surface area contributed by atoms with E-state index in [4.69, 9.17) is 21.6 Å². The van der Waals surface area contributed by atoms with Crippen molar-refractivity contribution in [1.82, 2.24) is 24.8 Å². The zero-order valence-electron chi connectivity index (χ0n) is 17.3. The number of nitrogens with zero attached hydrogens (tertiary/aromatic N) is 4. The molecule has 3 heterocycles. The monoisotopic (exact) mass is 432 g/mol. The average Bonchev–Trinajstić information content (AvgIpc) is 3.17. The molecule has 1 aliphatic rings. The first kappa shape index (κ1) is 20.0. The van der Waals surface area contributed by atoms with E-state index in [0.717, 1.165) is 42.2 Å². The lowest BCUT2D eigenvalue weighted by atomic mass is 9.99. The van der Waals surface area contributed by atoms with E-state index in [1.165, 1.54) is 18.4 Å². The molecule has 1 saturated heterocycles. The molecular weight excluding hydrogens is 408 g/mol. The number of fused-ring (bicyclic) bond motifs is 1. The summed E-state index contributed by atoms with van der Waals surface area (Å²) in [5.74, 6) is 1.98. The fourth-order valence-corrected chi connectivity index (χ4v) is 4.36. The maximum absolute atomic E-state index is 6.54.